The van der Waals surface area contributed by atoms with Crippen LogP contribution in [0.3, 0.4) is 0 Å². The van der Waals surface area contributed by atoms with Crippen LogP contribution in [-0.2, 0) is 6.54 Å². The van der Waals surface area contributed by atoms with Gasteiger partial charge < -0.3 is 4.90 Å². The third kappa shape index (κ3) is 4.15. The lowest BCUT2D eigenvalue weighted by Gasteiger charge is -2.30. The van der Waals surface area contributed by atoms with E-state index in [9.17, 15) is 4.39 Å². The van der Waals surface area contributed by atoms with E-state index in [1.54, 1.807) is 17.0 Å². The van der Waals surface area contributed by atoms with Crippen LogP contribution in [0.5, 0.6) is 0 Å². The zero-order chi connectivity index (χ0) is 15.2. The van der Waals surface area contributed by atoms with Gasteiger partial charge in [-0.3, -0.25) is 5.01 Å². The number of nitrogens with one attached hydrogen (secondary N) is 1. The van der Waals surface area contributed by atoms with E-state index >= 15 is 0 Å². The lowest BCUT2D eigenvalue weighted by atomic mass is 10.2. The Balaban J connectivity index is 1.48. The largest absolute Gasteiger partial charge is 0.328 e. The highest BCUT2D eigenvalue weighted by atomic mass is 19.1. The molecule has 0 aromatic heterocycles. The van der Waals surface area contributed by atoms with Crippen molar-refractivity contribution in [3.05, 3.63) is 71.5 Å². The van der Waals surface area contributed by atoms with Crippen molar-refractivity contribution in [3.8, 4) is 0 Å². The molecule has 2 aromatic rings. The quantitative estimate of drug-likeness (QED) is 0.849. The number of nitrogens with zero attached hydrogens (tertiary/aromatic N) is 2. The maximum absolute atomic E-state index is 12.8. The van der Waals surface area contributed by atoms with E-state index in [-0.39, 0.29) is 5.82 Å². The van der Waals surface area contributed by atoms with Crippen LogP contribution in [0, 0.1) is 5.82 Å². The van der Waals surface area contributed by atoms with E-state index in [2.05, 4.69) is 40.4 Å². The molecule has 3 rings (SSSR count). The average molecular weight is 298 g/mol. The molecule has 0 radical (unpaired) electrons. The van der Waals surface area contributed by atoms with Crippen molar-refractivity contribution >= 4 is 6.21 Å². The first-order valence-electron chi connectivity index (χ1n) is 7.71. The van der Waals surface area contributed by atoms with Gasteiger partial charge in [0.25, 0.3) is 0 Å². The molecule has 0 aliphatic carbocycles. The maximum atomic E-state index is 12.8. The second kappa shape index (κ2) is 7.18. The van der Waals surface area contributed by atoms with Gasteiger partial charge in [0.05, 0.1) is 32.4 Å². The van der Waals surface area contributed by atoms with E-state index in [1.165, 1.54) is 17.7 Å². The van der Waals surface area contributed by atoms with Crippen LogP contribution in [0.15, 0.2) is 59.7 Å². The van der Waals surface area contributed by atoms with Crippen LogP contribution in [0.25, 0.3) is 0 Å². The van der Waals surface area contributed by atoms with E-state index in [1.807, 2.05) is 6.21 Å². The molecule has 0 atom stereocenters. The monoisotopic (exact) mass is 298 g/mol. The average Bonchev–Trinajstić information content (AvgIpc) is 2.57. The Bertz CT molecular complexity index is 602. The second-order valence-electron chi connectivity index (χ2n) is 5.66. The third-order valence-electron chi connectivity index (χ3n) is 3.98. The van der Waals surface area contributed by atoms with Crippen molar-refractivity contribution in [3.63, 3.8) is 0 Å². The minimum Gasteiger partial charge on any atom is -0.328 e. The summed E-state index contributed by atoms with van der Waals surface area (Å²) in [4.78, 5) is 1.60. The maximum Gasteiger partial charge on any atom is 0.123 e. The van der Waals surface area contributed by atoms with Gasteiger partial charge in [-0.25, -0.2) is 4.39 Å². The number of hydrogen-bond acceptors (Lipinski definition) is 2. The molecule has 1 heterocycles. The van der Waals surface area contributed by atoms with Crippen molar-refractivity contribution in [2.75, 3.05) is 26.2 Å². The Kier molecular flexibility index (Phi) is 4.81. The SMILES string of the molecule is Fc1ccc(C=NN2CC[NH+](Cc3ccccc3)CC2)cc1. The molecule has 22 heavy (non-hydrogen) atoms. The van der Waals surface area contributed by atoms with Crippen molar-refractivity contribution in [1.82, 2.24) is 5.01 Å². The summed E-state index contributed by atoms with van der Waals surface area (Å²) in [6.45, 7) is 5.18. The first-order chi connectivity index (χ1) is 10.8. The number of hydrazone groups is 1. The molecule has 1 saturated heterocycles. The Hall–Kier alpha value is -2.20. The van der Waals surface area contributed by atoms with Crippen LogP contribution < -0.4 is 4.90 Å². The molecule has 0 saturated carbocycles. The number of rotatable bonds is 4. The van der Waals surface area contributed by atoms with Gasteiger partial charge in [0.1, 0.15) is 12.4 Å². The van der Waals surface area contributed by atoms with Crippen molar-refractivity contribution in [2.24, 2.45) is 5.10 Å². The summed E-state index contributed by atoms with van der Waals surface area (Å²) >= 11 is 0. The molecule has 0 bridgehead atoms. The summed E-state index contributed by atoms with van der Waals surface area (Å²) in [6.07, 6.45) is 1.81. The van der Waals surface area contributed by atoms with E-state index in [0.29, 0.717) is 0 Å². The molecule has 2 aromatic carbocycles. The van der Waals surface area contributed by atoms with Crippen LogP contribution in [0.2, 0.25) is 0 Å². The molecule has 4 heteroatoms. The van der Waals surface area contributed by atoms with Crippen LogP contribution in [-0.4, -0.2) is 37.4 Å². The van der Waals surface area contributed by atoms with Gasteiger partial charge in [0.2, 0.25) is 0 Å². The Labute approximate surface area is 130 Å². The normalized spacial score (nSPS) is 16.3. The summed E-state index contributed by atoms with van der Waals surface area (Å²) in [5.74, 6) is -0.213. The van der Waals surface area contributed by atoms with Crippen LogP contribution >= 0.6 is 0 Å². The highest BCUT2D eigenvalue weighted by Gasteiger charge is 2.18. The smallest absolute Gasteiger partial charge is 0.123 e. The lowest BCUT2D eigenvalue weighted by molar-refractivity contribution is -0.918. The third-order valence-corrected chi connectivity index (χ3v) is 3.98. The van der Waals surface area contributed by atoms with Gasteiger partial charge in [-0.1, -0.05) is 42.5 Å². The standard InChI is InChI=1S/C18H20FN3/c19-18-8-6-16(7-9-18)14-20-22-12-10-21(11-13-22)15-17-4-2-1-3-5-17/h1-9,14H,10-13,15H2/p+1. The number of piperazine rings is 1. The van der Waals surface area contributed by atoms with Crippen molar-refractivity contribution in [2.45, 2.75) is 6.54 Å². The van der Waals surface area contributed by atoms with Gasteiger partial charge in [-0.15, -0.1) is 0 Å². The highest BCUT2D eigenvalue weighted by molar-refractivity contribution is 5.79. The number of halogens is 1. The van der Waals surface area contributed by atoms with E-state index in [4.69, 9.17) is 0 Å². The Morgan fingerprint density at radius 1 is 1.00 bits per heavy atom. The summed E-state index contributed by atoms with van der Waals surface area (Å²) in [5, 5.41) is 6.59. The van der Waals surface area contributed by atoms with Gasteiger partial charge >= 0.3 is 0 Å². The molecule has 1 aliphatic heterocycles. The summed E-state index contributed by atoms with van der Waals surface area (Å²) in [5.41, 5.74) is 2.32. The molecule has 114 valence electrons. The fourth-order valence-corrected chi connectivity index (χ4v) is 2.69. The summed E-state index contributed by atoms with van der Waals surface area (Å²) in [6, 6.07) is 17.0. The first-order valence-corrected chi connectivity index (χ1v) is 7.71. The Morgan fingerprint density at radius 2 is 1.68 bits per heavy atom. The fraction of sp³-hybridized carbons (Fsp3) is 0.278. The molecule has 1 N–H and O–H groups in total. The van der Waals surface area contributed by atoms with Crippen LogP contribution in [0.4, 0.5) is 4.39 Å². The number of hydrogen-bond donors (Lipinski definition) is 1. The van der Waals surface area contributed by atoms with E-state index < -0.39 is 0 Å². The van der Waals surface area contributed by atoms with Crippen molar-refractivity contribution in [1.29, 1.82) is 0 Å². The number of benzene rings is 2. The van der Waals surface area contributed by atoms with E-state index in [0.717, 1.165) is 38.3 Å². The number of quaternary nitrogens is 1. The molecular formula is C18H21FN3+. The molecule has 1 aliphatic rings. The van der Waals surface area contributed by atoms with Crippen LogP contribution in [0.1, 0.15) is 11.1 Å². The van der Waals surface area contributed by atoms with Gasteiger partial charge in [0.15, 0.2) is 0 Å². The minimum absolute atomic E-state index is 0.213. The predicted molar refractivity (Wildman–Crippen MR) is 86.4 cm³/mol. The first kappa shape index (κ1) is 14.7. The fourth-order valence-electron chi connectivity index (χ4n) is 2.69. The lowest BCUT2D eigenvalue weighted by Crippen LogP contribution is -3.13. The second-order valence-corrected chi connectivity index (χ2v) is 5.66. The van der Waals surface area contributed by atoms with Gasteiger partial charge in [0, 0.05) is 5.56 Å². The van der Waals surface area contributed by atoms with Crippen molar-refractivity contribution < 1.29 is 9.29 Å². The minimum atomic E-state index is -0.213. The predicted octanol–water partition coefficient (Wildman–Crippen LogP) is 1.56. The molecule has 0 spiro atoms. The molecular weight excluding hydrogens is 277 g/mol. The zero-order valence-corrected chi connectivity index (χ0v) is 12.6. The summed E-state index contributed by atoms with van der Waals surface area (Å²) in [7, 11) is 0. The summed E-state index contributed by atoms with van der Waals surface area (Å²) < 4.78 is 12.8. The highest BCUT2D eigenvalue weighted by Crippen LogP contribution is 2.01. The molecule has 1 fully saturated rings. The van der Waals surface area contributed by atoms with Gasteiger partial charge in [-0.2, -0.15) is 5.10 Å². The topological polar surface area (TPSA) is 20.0 Å². The zero-order valence-electron chi connectivity index (χ0n) is 12.6. The molecule has 0 unspecified atom stereocenters. The van der Waals surface area contributed by atoms with Gasteiger partial charge in [-0.05, 0) is 17.7 Å². The molecule has 0 amide bonds. The molecule has 3 nitrogen and oxygen atoms in total. The Morgan fingerprint density at radius 3 is 2.36 bits per heavy atom.